The van der Waals surface area contributed by atoms with E-state index in [1.54, 1.807) is 31.3 Å². The van der Waals surface area contributed by atoms with Gasteiger partial charge in [-0.2, -0.15) is 0 Å². The highest BCUT2D eigenvalue weighted by Crippen LogP contribution is 2.19. The predicted octanol–water partition coefficient (Wildman–Crippen LogP) is 1.42. The molecule has 0 heterocycles. The number of anilines is 1. The number of carbonyl (C=O) groups is 2. The molecule has 0 aromatic heterocycles. The van der Waals surface area contributed by atoms with Crippen LogP contribution in [0.5, 0.6) is 0 Å². The van der Waals surface area contributed by atoms with Gasteiger partial charge in [-0.1, -0.05) is 19.1 Å². The molecule has 0 radical (unpaired) electrons. The molecule has 1 unspecified atom stereocenters. The van der Waals surface area contributed by atoms with E-state index in [-0.39, 0.29) is 24.3 Å². The van der Waals surface area contributed by atoms with Crippen molar-refractivity contribution >= 4 is 17.5 Å². The minimum atomic E-state index is -0.210. The lowest BCUT2D eigenvalue weighted by atomic mass is 10.1. The molecule has 0 bridgehead atoms. The van der Waals surface area contributed by atoms with Gasteiger partial charge in [0.25, 0.3) is 5.91 Å². The number of carbonyl (C=O) groups excluding carboxylic acids is 2. The van der Waals surface area contributed by atoms with Crippen LogP contribution in [0.25, 0.3) is 0 Å². The van der Waals surface area contributed by atoms with Crippen molar-refractivity contribution in [1.29, 1.82) is 0 Å². The van der Waals surface area contributed by atoms with Crippen molar-refractivity contribution in [2.45, 2.75) is 20.3 Å². The van der Waals surface area contributed by atoms with Gasteiger partial charge in [-0.3, -0.25) is 9.59 Å². The highest BCUT2D eigenvalue weighted by Gasteiger charge is 2.16. The first-order chi connectivity index (χ1) is 9.47. The van der Waals surface area contributed by atoms with Crippen LogP contribution in [0.1, 0.15) is 30.6 Å². The summed E-state index contributed by atoms with van der Waals surface area (Å²) < 4.78 is 0. The minimum Gasteiger partial charge on any atom is -0.396 e. The highest BCUT2D eigenvalue weighted by molar-refractivity contribution is 6.04. The maximum Gasteiger partial charge on any atom is 0.253 e. The molecule has 0 aliphatic heterocycles. The summed E-state index contributed by atoms with van der Waals surface area (Å²) in [6.07, 6.45) is 0.648. The fourth-order valence-electron chi connectivity index (χ4n) is 1.81. The maximum atomic E-state index is 12.2. The van der Waals surface area contributed by atoms with Crippen LogP contribution in [0.3, 0.4) is 0 Å². The Morgan fingerprint density at radius 2 is 2.00 bits per heavy atom. The molecule has 1 rings (SSSR count). The Bertz CT molecular complexity index is 474. The summed E-state index contributed by atoms with van der Waals surface area (Å²) in [5.74, 6) is -0.126. The molecule has 0 saturated heterocycles. The first kappa shape index (κ1) is 16.2. The van der Waals surface area contributed by atoms with Gasteiger partial charge in [0.05, 0.1) is 11.3 Å². The average molecular weight is 278 g/mol. The van der Waals surface area contributed by atoms with Crippen LogP contribution in [0, 0.1) is 5.92 Å². The van der Waals surface area contributed by atoms with Crippen LogP contribution in [0.15, 0.2) is 24.3 Å². The van der Waals surface area contributed by atoms with E-state index in [4.69, 9.17) is 5.11 Å². The highest BCUT2D eigenvalue weighted by atomic mass is 16.3. The van der Waals surface area contributed by atoms with E-state index in [2.05, 4.69) is 5.32 Å². The number of nitrogens with zero attached hydrogens (tertiary/aromatic N) is 1. The smallest absolute Gasteiger partial charge is 0.253 e. The molecule has 2 N–H and O–H groups in total. The lowest BCUT2D eigenvalue weighted by Crippen LogP contribution is -2.31. The van der Waals surface area contributed by atoms with Gasteiger partial charge >= 0.3 is 0 Å². The summed E-state index contributed by atoms with van der Waals surface area (Å²) in [5, 5.41) is 11.7. The van der Waals surface area contributed by atoms with Gasteiger partial charge < -0.3 is 15.3 Å². The molecule has 0 saturated carbocycles. The van der Waals surface area contributed by atoms with Crippen molar-refractivity contribution in [3.05, 3.63) is 29.8 Å². The van der Waals surface area contributed by atoms with Crippen LogP contribution >= 0.6 is 0 Å². The molecule has 2 amide bonds. The number of hydrogen-bond donors (Lipinski definition) is 2. The zero-order valence-corrected chi connectivity index (χ0v) is 12.2. The van der Waals surface area contributed by atoms with Crippen LogP contribution in [0.2, 0.25) is 0 Å². The van der Waals surface area contributed by atoms with Gasteiger partial charge in [0.15, 0.2) is 0 Å². The topological polar surface area (TPSA) is 69.6 Å². The fraction of sp³-hybridized carbons (Fsp3) is 0.467. The van der Waals surface area contributed by atoms with Gasteiger partial charge in [-0.15, -0.1) is 0 Å². The predicted molar refractivity (Wildman–Crippen MR) is 78.7 cm³/mol. The van der Waals surface area contributed by atoms with Gasteiger partial charge in [0.2, 0.25) is 5.91 Å². The molecule has 0 spiro atoms. The molecular weight excluding hydrogens is 256 g/mol. The van der Waals surface area contributed by atoms with E-state index in [1.165, 1.54) is 11.8 Å². The van der Waals surface area contributed by atoms with Gasteiger partial charge in [0, 0.05) is 27.1 Å². The number of aliphatic hydroxyl groups is 1. The van der Waals surface area contributed by atoms with E-state index in [1.807, 2.05) is 6.92 Å². The molecule has 5 nitrogen and oxygen atoms in total. The third-order valence-corrected chi connectivity index (χ3v) is 3.22. The zero-order chi connectivity index (χ0) is 15.1. The monoisotopic (exact) mass is 278 g/mol. The standard InChI is InChI=1S/C15H22N2O3/c1-11(8-9-18)10-16-15(20)13-6-4-5-7-14(13)17(3)12(2)19/h4-7,11,18H,8-10H2,1-3H3,(H,16,20). The lowest BCUT2D eigenvalue weighted by molar-refractivity contribution is -0.116. The molecule has 0 aliphatic rings. The van der Waals surface area contributed by atoms with Crippen LogP contribution in [0.4, 0.5) is 5.69 Å². The SMILES string of the molecule is CC(=O)N(C)c1ccccc1C(=O)NCC(C)CCO. The normalized spacial score (nSPS) is 11.8. The van der Waals surface area contributed by atoms with E-state index >= 15 is 0 Å². The van der Waals surface area contributed by atoms with E-state index in [9.17, 15) is 9.59 Å². The number of benzene rings is 1. The maximum absolute atomic E-state index is 12.2. The number of para-hydroxylation sites is 1. The van der Waals surface area contributed by atoms with E-state index < -0.39 is 0 Å². The average Bonchev–Trinajstić information content (AvgIpc) is 2.44. The van der Waals surface area contributed by atoms with Crippen molar-refractivity contribution in [3.8, 4) is 0 Å². The molecule has 110 valence electrons. The molecule has 0 aliphatic carbocycles. The summed E-state index contributed by atoms with van der Waals surface area (Å²) in [5.41, 5.74) is 1.06. The van der Waals surface area contributed by atoms with E-state index in [0.29, 0.717) is 24.2 Å². The third-order valence-electron chi connectivity index (χ3n) is 3.22. The number of hydrogen-bond acceptors (Lipinski definition) is 3. The second-order valence-electron chi connectivity index (χ2n) is 4.92. The fourth-order valence-corrected chi connectivity index (χ4v) is 1.81. The lowest BCUT2D eigenvalue weighted by Gasteiger charge is -2.19. The summed E-state index contributed by atoms with van der Waals surface area (Å²) in [7, 11) is 1.64. The summed E-state index contributed by atoms with van der Waals surface area (Å²) in [6, 6.07) is 7.00. The largest absolute Gasteiger partial charge is 0.396 e. The Balaban J connectivity index is 2.80. The summed E-state index contributed by atoms with van der Waals surface area (Å²) >= 11 is 0. The minimum absolute atomic E-state index is 0.112. The first-order valence-electron chi connectivity index (χ1n) is 6.69. The molecule has 1 aromatic rings. The molecule has 1 aromatic carbocycles. The zero-order valence-electron chi connectivity index (χ0n) is 12.2. The molecule has 1 atom stereocenters. The Hall–Kier alpha value is -1.88. The molecular formula is C15H22N2O3. The second kappa shape index (κ2) is 7.65. The molecule has 5 heteroatoms. The number of amides is 2. The Kier molecular flexibility index (Phi) is 6.18. The van der Waals surface area contributed by atoms with Gasteiger partial charge in [-0.05, 0) is 24.5 Å². The Morgan fingerprint density at radius 1 is 1.35 bits per heavy atom. The number of aliphatic hydroxyl groups excluding tert-OH is 1. The van der Waals surface area contributed by atoms with Gasteiger partial charge in [0.1, 0.15) is 0 Å². The van der Waals surface area contributed by atoms with Gasteiger partial charge in [-0.25, -0.2) is 0 Å². The Morgan fingerprint density at radius 3 is 2.60 bits per heavy atom. The molecule has 20 heavy (non-hydrogen) atoms. The summed E-state index contributed by atoms with van der Waals surface area (Å²) in [6.45, 7) is 4.03. The molecule has 0 fully saturated rings. The van der Waals surface area contributed by atoms with E-state index in [0.717, 1.165) is 0 Å². The quantitative estimate of drug-likeness (QED) is 0.826. The van der Waals surface area contributed by atoms with Crippen LogP contribution in [-0.2, 0) is 4.79 Å². The first-order valence-corrected chi connectivity index (χ1v) is 6.69. The van der Waals surface area contributed by atoms with Crippen molar-refractivity contribution in [2.75, 3.05) is 25.1 Å². The Labute approximate surface area is 119 Å². The summed E-state index contributed by atoms with van der Waals surface area (Å²) in [4.78, 5) is 25.1. The van der Waals surface area contributed by atoms with Crippen molar-refractivity contribution < 1.29 is 14.7 Å². The van der Waals surface area contributed by atoms with Crippen molar-refractivity contribution in [2.24, 2.45) is 5.92 Å². The van der Waals surface area contributed by atoms with Crippen molar-refractivity contribution in [3.63, 3.8) is 0 Å². The second-order valence-corrected chi connectivity index (χ2v) is 4.92. The van der Waals surface area contributed by atoms with Crippen LogP contribution < -0.4 is 10.2 Å². The van der Waals surface area contributed by atoms with Crippen molar-refractivity contribution in [1.82, 2.24) is 5.32 Å². The number of nitrogens with one attached hydrogen (secondary N) is 1. The number of rotatable bonds is 6. The van der Waals surface area contributed by atoms with Crippen LogP contribution in [-0.4, -0.2) is 37.1 Å². The third kappa shape index (κ3) is 4.35.